The molecule has 0 saturated heterocycles. The highest BCUT2D eigenvalue weighted by Gasteiger charge is 2.23. The largest absolute Gasteiger partial charge is 0.484 e. The normalized spacial score (nSPS) is 13.3. The van der Waals surface area contributed by atoms with E-state index < -0.39 is 0 Å². The third-order valence-electron chi connectivity index (χ3n) is 4.53. The monoisotopic (exact) mass is 508 g/mol. The predicted octanol–water partition coefficient (Wildman–Crippen LogP) is 3.49. The van der Waals surface area contributed by atoms with Gasteiger partial charge in [-0.2, -0.15) is 0 Å². The number of aryl methyl sites for hydroxylation is 1. The van der Waals surface area contributed by atoms with Crippen LogP contribution in [0.4, 0.5) is 5.69 Å². The van der Waals surface area contributed by atoms with Crippen molar-refractivity contribution < 1.29 is 9.53 Å². The Morgan fingerprint density at radius 2 is 1.93 bits per heavy atom. The zero-order chi connectivity index (χ0) is 19.8. The molecule has 1 aliphatic rings. The number of hydrogen-bond acceptors (Lipinski definition) is 3. The maximum Gasteiger partial charge on any atom is 0.258 e. The van der Waals surface area contributed by atoms with Gasteiger partial charge in [-0.25, -0.2) is 0 Å². The summed E-state index contributed by atoms with van der Waals surface area (Å²) in [7, 11) is 0. The first-order chi connectivity index (χ1) is 13.6. The van der Waals surface area contributed by atoms with Gasteiger partial charge in [-0.1, -0.05) is 31.2 Å². The number of nitrogens with two attached hydrogens (primary N) is 1. The van der Waals surface area contributed by atoms with E-state index in [2.05, 4.69) is 34.7 Å². The molecule has 1 fully saturated rings. The van der Waals surface area contributed by atoms with Gasteiger partial charge in [-0.05, 0) is 61.1 Å². The summed E-state index contributed by atoms with van der Waals surface area (Å²) >= 11 is 0. The molecule has 3 rings (SSSR count). The van der Waals surface area contributed by atoms with Gasteiger partial charge in [0.15, 0.2) is 12.6 Å². The molecule has 0 aromatic heterocycles. The van der Waals surface area contributed by atoms with Crippen LogP contribution in [0.5, 0.6) is 5.75 Å². The van der Waals surface area contributed by atoms with Crippen LogP contribution in [0.3, 0.4) is 0 Å². The fourth-order valence-electron chi connectivity index (χ4n) is 2.76. The lowest BCUT2D eigenvalue weighted by Gasteiger charge is -2.08. The van der Waals surface area contributed by atoms with E-state index in [-0.39, 0.29) is 36.5 Å². The lowest BCUT2D eigenvalue weighted by molar-refractivity contribution is -0.123. The first kappa shape index (κ1) is 23.0. The summed E-state index contributed by atoms with van der Waals surface area (Å²) in [5.74, 6) is 1.04. The standard InChI is InChI=1S/C22H28N4O2.HI/c1-2-16-4-3-5-19(14-16)26-22(23)24-13-12-17-6-10-20(11-7-17)28-15-21(27)25-18-8-9-18;/h3-7,10-11,14,18H,2,8-9,12-13,15H2,1H3,(H,25,27)(H3,23,24,26);1H. The van der Waals surface area contributed by atoms with Gasteiger partial charge in [0.25, 0.3) is 5.91 Å². The minimum atomic E-state index is -0.0617. The molecule has 7 heteroatoms. The molecule has 156 valence electrons. The maximum atomic E-state index is 11.6. The van der Waals surface area contributed by atoms with Crippen LogP contribution >= 0.6 is 24.0 Å². The Morgan fingerprint density at radius 3 is 2.62 bits per heavy atom. The van der Waals surface area contributed by atoms with Crippen molar-refractivity contribution in [2.24, 2.45) is 10.7 Å². The number of hydrogen-bond donors (Lipinski definition) is 3. The Labute approximate surface area is 189 Å². The number of nitrogens with one attached hydrogen (secondary N) is 2. The number of aliphatic imine (C=N–C) groups is 1. The fraction of sp³-hybridized carbons (Fsp3) is 0.364. The summed E-state index contributed by atoms with van der Waals surface area (Å²) in [6.45, 7) is 2.77. The lowest BCUT2D eigenvalue weighted by Crippen LogP contribution is -2.30. The molecule has 4 N–H and O–H groups in total. The molecule has 29 heavy (non-hydrogen) atoms. The van der Waals surface area contributed by atoms with Gasteiger partial charge in [0.2, 0.25) is 0 Å². The number of nitrogens with zero attached hydrogens (tertiary/aromatic N) is 1. The highest BCUT2D eigenvalue weighted by molar-refractivity contribution is 14.0. The Morgan fingerprint density at radius 1 is 1.17 bits per heavy atom. The molecule has 0 heterocycles. The van der Waals surface area contributed by atoms with Crippen LogP contribution in [0.2, 0.25) is 0 Å². The van der Waals surface area contributed by atoms with Crippen molar-refractivity contribution in [2.75, 3.05) is 18.5 Å². The summed E-state index contributed by atoms with van der Waals surface area (Å²) in [4.78, 5) is 16.0. The molecule has 6 nitrogen and oxygen atoms in total. The minimum Gasteiger partial charge on any atom is -0.484 e. The van der Waals surface area contributed by atoms with Gasteiger partial charge in [-0.15, -0.1) is 24.0 Å². The fourth-order valence-corrected chi connectivity index (χ4v) is 2.76. The molecule has 2 aromatic rings. The second kappa shape index (κ2) is 11.6. The van der Waals surface area contributed by atoms with Crippen LogP contribution in [-0.4, -0.2) is 31.1 Å². The zero-order valence-electron chi connectivity index (χ0n) is 16.7. The molecule has 1 saturated carbocycles. The van der Waals surface area contributed by atoms with Gasteiger partial charge >= 0.3 is 0 Å². The van der Waals surface area contributed by atoms with Crippen LogP contribution in [0.15, 0.2) is 53.5 Å². The van der Waals surface area contributed by atoms with Crippen LogP contribution in [0.1, 0.15) is 30.9 Å². The van der Waals surface area contributed by atoms with Gasteiger partial charge in [0.05, 0.1) is 0 Å². The van der Waals surface area contributed by atoms with E-state index in [9.17, 15) is 4.79 Å². The summed E-state index contributed by atoms with van der Waals surface area (Å²) < 4.78 is 5.51. The highest BCUT2D eigenvalue weighted by Crippen LogP contribution is 2.18. The molecule has 1 amide bonds. The number of amides is 1. The first-order valence-electron chi connectivity index (χ1n) is 9.79. The van der Waals surface area contributed by atoms with E-state index >= 15 is 0 Å². The molecule has 1 aliphatic carbocycles. The van der Waals surface area contributed by atoms with Gasteiger partial charge < -0.3 is 21.1 Å². The molecule has 0 atom stereocenters. The van der Waals surface area contributed by atoms with Gasteiger partial charge in [0.1, 0.15) is 5.75 Å². The molecule has 0 unspecified atom stereocenters. The lowest BCUT2D eigenvalue weighted by atomic mass is 10.1. The summed E-state index contributed by atoms with van der Waals surface area (Å²) in [5.41, 5.74) is 9.32. The number of ether oxygens (including phenoxy) is 1. The summed E-state index contributed by atoms with van der Waals surface area (Å²) in [6, 6.07) is 16.2. The van der Waals surface area contributed by atoms with E-state index in [1.54, 1.807) is 0 Å². The quantitative estimate of drug-likeness (QED) is 0.275. The first-order valence-corrected chi connectivity index (χ1v) is 9.79. The average molecular weight is 508 g/mol. The maximum absolute atomic E-state index is 11.6. The predicted molar refractivity (Wildman–Crippen MR) is 128 cm³/mol. The smallest absolute Gasteiger partial charge is 0.258 e. The second-order valence-electron chi connectivity index (χ2n) is 6.97. The number of carbonyl (C=O) groups excluding carboxylic acids is 1. The van der Waals surface area contributed by atoms with Crippen molar-refractivity contribution in [2.45, 2.75) is 38.6 Å². The number of guanidine groups is 1. The molecule has 0 spiro atoms. The molecule has 0 bridgehead atoms. The van der Waals surface area contributed by atoms with E-state index in [1.807, 2.05) is 36.4 Å². The molecular formula is C22H29IN4O2. The minimum absolute atomic E-state index is 0. The second-order valence-corrected chi connectivity index (χ2v) is 6.97. The third-order valence-corrected chi connectivity index (χ3v) is 4.53. The van der Waals surface area contributed by atoms with E-state index in [0.717, 1.165) is 36.9 Å². The van der Waals surface area contributed by atoms with Crippen LogP contribution in [-0.2, 0) is 17.6 Å². The number of halogens is 1. The molecule has 0 radical (unpaired) electrons. The van der Waals surface area contributed by atoms with E-state index in [0.29, 0.717) is 24.3 Å². The van der Waals surface area contributed by atoms with Crippen LogP contribution in [0.25, 0.3) is 0 Å². The Balaban J connectivity index is 0.00000300. The van der Waals surface area contributed by atoms with Crippen molar-refractivity contribution in [3.8, 4) is 5.75 Å². The number of anilines is 1. The number of rotatable bonds is 9. The van der Waals surface area contributed by atoms with E-state index in [4.69, 9.17) is 10.5 Å². The Bertz CT molecular complexity index is 820. The third kappa shape index (κ3) is 8.31. The topological polar surface area (TPSA) is 88.7 Å². The van der Waals surface area contributed by atoms with Crippen LogP contribution < -0.4 is 21.1 Å². The van der Waals surface area contributed by atoms with Crippen molar-refractivity contribution in [3.05, 3.63) is 59.7 Å². The molecule has 0 aliphatic heterocycles. The van der Waals surface area contributed by atoms with Crippen molar-refractivity contribution in [3.63, 3.8) is 0 Å². The number of carbonyl (C=O) groups is 1. The SMILES string of the molecule is CCc1cccc(NC(N)=NCCc2ccc(OCC(=O)NC3CC3)cc2)c1.I. The Hall–Kier alpha value is -2.29. The molecular weight excluding hydrogens is 479 g/mol. The van der Waals surface area contributed by atoms with Gasteiger partial charge in [0, 0.05) is 18.3 Å². The summed E-state index contributed by atoms with van der Waals surface area (Å²) in [6.07, 6.45) is 3.92. The van der Waals surface area contributed by atoms with Crippen molar-refractivity contribution in [1.82, 2.24) is 5.32 Å². The summed E-state index contributed by atoms with van der Waals surface area (Å²) in [5, 5.41) is 6.03. The van der Waals surface area contributed by atoms with Crippen molar-refractivity contribution >= 4 is 41.5 Å². The van der Waals surface area contributed by atoms with E-state index in [1.165, 1.54) is 5.56 Å². The molecule has 2 aromatic carbocycles. The van der Waals surface area contributed by atoms with Gasteiger partial charge in [-0.3, -0.25) is 9.79 Å². The van der Waals surface area contributed by atoms with Crippen LogP contribution in [0, 0.1) is 0 Å². The average Bonchev–Trinajstić information content (AvgIpc) is 3.51. The highest BCUT2D eigenvalue weighted by atomic mass is 127. The Kier molecular flexibility index (Phi) is 9.24. The van der Waals surface area contributed by atoms with Crippen molar-refractivity contribution in [1.29, 1.82) is 0 Å². The zero-order valence-corrected chi connectivity index (χ0v) is 19.0. The number of benzene rings is 2.